The van der Waals surface area contributed by atoms with Crippen molar-refractivity contribution in [1.29, 1.82) is 0 Å². The normalized spacial score (nSPS) is 17.3. The number of aromatic nitrogens is 2. The molecule has 0 saturated heterocycles. The molecule has 0 unspecified atom stereocenters. The lowest BCUT2D eigenvalue weighted by molar-refractivity contribution is -0.143. The van der Waals surface area contributed by atoms with Crippen molar-refractivity contribution in [2.24, 2.45) is 0 Å². The second-order valence-electron chi connectivity index (χ2n) is 6.07. The summed E-state index contributed by atoms with van der Waals surface area (Å²) < 4.78 is 6.56. The fourth-order valence-corrected chi connectivity index (χ4v) is 3.05. The largest absolute Gasteiger partial charge is 0.459 e. The van der Waals surface area contributed by atoms with Crippen LogP contribution in [0, 0.1) is 0 Å². The molecule has 8 nitrogen and oxygen atoms in total. The fraction of sp³-hybridized carbons (Fsp3) is 0.294. The van der Waals surface area contributed by atoms with E-state index >= 15 is 0 Å². The van der Waals surface area contributed by atoms with E-state index in [0.717, 1.165) is 0 Å². The van der Waals surface area contributed by atoms with Gasteiger partial charge in [0.25, 0.3) is 5.56 Å². The zero-order valence-corrected chi connectivity index (χ0v) is 15.1. The number of nitrogens with zero attached hydrogens (tertiary/aromatic N) is 2. The SMILES string of the molecule is CC1=C(C(=O)OC(C)C)[C@H](c2c(Cl)nc3ccccn3c2=O)NC(=O)N1. The minimum Gasteiger partial charge on any atom is -0.459 e. The lowest BCUT2D eigenvalue weighted by atomic mass is 9.97. The molecule has 2 aromatic heterocycles. The second-order valence-corrected chi connectivity index (χ2v) is 6.43. The van der Waals surface area contributed by atoms with Crippen molar-refractivity contribution in [1.82, 2.24) is 20.0 Å². The number of pyridine rings is 1. The van der Waals surface area contributed by atoms with Gasteiger partial charge in [-0.1, -0.05) is 17.7 Å². The van der Waals surface area contributed by atoms with E-state index in [1.54, 1.807) is 39.0 Å². The minimum absolute atomic E-state index is 0.000253. The zero-order chi connectivity index (χ0) is 19.0. The highest BCUT2D eigenvalue weighted by atomic mass is 35.5. The number of carbonyl (C=O) groups is 2. The Labute approximate surface area is 153 Å². The molecule has 26 heavy (non-hydrogen) atoms. The molecule has 0 fully saturated rings. The molecule has 0 aliphatic carbocycles. The molecule has 0 radical (unpaired) electrons. The molecule has 9 heteroatoms. The fourth-order valence-electron chi connectivity index (χ4n) is 2.78. The number of fused-ring (bicyclic) bond motifs is 1. The standard InChI is InChI=1S/C17H17ClN4O4/c1-8(2)26-16(24)11-9(3)19-17(25)21-13(11)12-14(18)20-10-6-4-5-7-22(10)15(12)23/h4-8,13H,1-3H3,(H2,19,21,25)/t13-/m1/s1. The number of urea groups is 1. The first-order chi connectivity index (χ1) is 12.3. The summed E-state index contributed by atoms with van der Waals surface area (Å²) in [4.78, 5) is 41.6. The number of hydrogen-bond acceptors (Lipinski definition) is 5. The molecule has 2 amide bonds. The maximum atomic E-state index is 12.9. The van der Waals surface area contributed by atoms with E-state index in [1.807, 2.05) is 0 Å². The van der Waals surface area contributed by atoms with E-state index in [9.17, 15) is 14.4 Å². The van der Waals surface area contributed by atoms with Gasteiger partial charge in [0, 0.05) is 11.9 Å². The van der Waals surface area contributed by atoms with Crippen molar-refractivity contribution in [3.8, 4) is 0 Å². The first kappa shape index (κ1) is 17.9. The third-order valence-electron chi connectivity index (χ3n) is 3.84. The maximum absolute atomic E-state index is 12.9. The predicted octanol–water partition coefficient (Wildman–Crippen LogP) is 1.93. The van der Waals surface area contributed by atoms with E-state index in [2.05, 4.69) is 15.6 Å². The lowest BCUT2D eigenvalue weighted by Gasteiger charge is -2.28. The van der Waals surface area contributed by atoms with E-state index < -0.39 is 23.6 Å². The minimum atomic E-state index is -1.07. The Morgan fingerprint density at radius 2 is 2.08 bits per heavy atom. The zero-order valence-electron chi connectivity index (χ0n) is 14.4. The van der Waals surface area contributed by atoms with Crippen LogP contribution in [-0.4, -0.2) is 27.5 Å². The van der Waals surface area contributed by atoms with Crippen molar-refractivity contribution in [2.45, 2.75) is 32.9 Å². The summed E-state index contributed by atoms with van der Waals surface area (Å²) in [6.45, 7) is 4.97. The summed E-state index contributed by atoms with van der Waals surface area (Å²) in [6, 6.07) is 3.40. The van der Waals surface area contributed by atoms with Crippen molar-refractivity contribution in [3.63, 3.8) is 0 Å². The Kier molecular flexibility index (Phi) is 4.69. The summed E-state index contributed by atoms with van der Waals surface area (Å²) in [5.41, 5.74) is 0.280. The van der Waals surface area contributed by atoms with E-state index in [-0.39, 0.29) is 28.1 Å². The summed E-state index contributed by atoms with van der Waals surface area (Å²) in [5.74, 6) is -0.649. The molecule has 3 rings (SSSR count). The van der Waals surface area contributed by atoms with Gasteiger partial charge in [0.1, 0.15) is 10.8 Å². The van der Waals surface area contributed by atoms with Crippen LogP contribution in [0.2, 0.25) is 5.15 Å². The molecule has 2 aromatic rings. The summed E-state index contributed by atoms with van der Waals surface area (Å²) in [5, 5.41) is 5.00. The van der Waals surface area contributed by atoms with Crippen LogP contribution in [0.4, 0.5) is 4.79 Å². The molecular weight excluding hydrogens is 360 g/mol. The lowest BCUT2D eigenvalue weighted by Crippen LogP contribution is -2.47. The van der Waals surface area contributed by atoms with Gasteiger partial charge in [-0.25, -0.2) is 14.6 Å². The third-order valence-corrected chi connectivity index (χ3v) is 4.13. The van der Waals surface area contributed by atoms with Crippen LogP contribution in [0.1, 0.15) is 32.4 Å². The van der Waals surface area contributed by atoms with Crippen LogP contribution in [0.5, 0.6) is 0 Å². The van der Waals surface area contributed by atoms with Gasteiger partial charge in [-0.05, 0) is 32.9 Å². The monoisotopic (exact) mass is 376 g/mol. The number of halogens is 1. The van der Waals surface area contributed by atoms with Gasteiger partial charge in [-0.3, -0.25) is 9.20 Å². The average molecular weight is 377 g/mol. The Morgan fingerprint density at radius 1 is 1.35 bits per heavy atom. The molecule has 0 aromatic carbocycles. The molecule has 0 saturated carbocycles. The van der Waals surface area contributed by atoms with E-state index in [4.69, 9.17) is 16.3 Å². The van der Waals surface area contributed by atoms with Gasteiger partial charge >= 0.3 is 12.0 Å². The number of rotatable bonds is 3. The quantitative estimate of drug-likeness (QED) is 0.629. The molecule has 1 aliphatic heterocycles. The molecule has 0 spiro atoms. The molecular formula is C17H17ClN4O4. The van der Waals surface area contributed by atoms with Crippen molar-refractivity contribution >= 4 is 29.2 Å². The number of hydrogen-bond donors (Lipinski definition) is 2. The topological polar surface area (TPSA) is 102 Å². The molecule has 3 heterocycles. The van der Waals surface area contributed by atoms with Gasteiger partial charge < -0.3 is 15.4 Å². The van der Waals surface area contributed by atoms with E-state index in [0.29, 0.717) is 5.65 Å². The number of allylic oxidation sites excluding steroid dienone is 1. The van der Waals surface area contributed by atoms with Crippen LogP contribution in [0.3, 0.4) is 0 Å². The Bertz CT molecular complexity index is 996. The summed E-state index contributed by atoms with van der Waals surface area (Å²) >= 11 is 6.24. The van der Waals surface area contributed by atoms with Crippen LogP contribution in [-0.2, 0) is 9.53 Å². The Hall–Kier alpha value is -2.87. The van der Waals surface area contributed by atoms with Gasteiger partial charge in [0.2, 0.25) is 0 Å². The Morgan fingerprint density at radius 3 is 2.77 bits per heavy atom. The number of carbonyl (C=O) groups excluding carboxylic acids is 2. The van der Waals surface area contributed by atoms with Crippen LogP contribution >= 0.6 is 11.6 Å². The van der Waals surface area contributed by atoms with Crippen molar-refractivity contribution < 1.29 is 14.3 Å². The van der Waals surface area contributed by atoms with Crippen molar-refractivity contribution in [3.05, 3.63) is 56.7 Å². The Balaban J connectivity index is 2.21. The smallest absolute Gasteiger partial charge is 0.338 e. The molecule has 136 valence electrons. The molecule has 1 atom stereocenters. The molecule has 0 bridgehead atoms. The number of amides is 2. The van der Waals surface area contributed by atoms with Crippen LogP contribution < -0.4 is 16.2 Å². The third kappa shape index (κ3) is 3.15. The number of ether oxygens (including phenoxy) is 1. The predicted molar refractivity (Wildman–Crippen MR) is 94.8 cm³/mol. The van der Waals surface area contributed by atoms with Gasteiger partial charge in [0.15, 0.2) is 0 Å². The summed E-state index contributed by atoms with van der Waals surface area (Å²) in [6.07, 6.45) is 1.17. The number of esters is 1. The van der Waals surface area contributed by atoms with Gasteiger partial charge in [-0.15, -0.1) is 0 Å². The van der Waals surface area contributed by atoms with Crippen molar-refractivity contribution in [2.75, 3.05) is 0 Å². The highest BCUT2D eigenvalue weighted by Gasteiger charge is 2.36. The van der Waals surface area contributed by atoms with Gasteiger partial charge in [0.05, 0.1) is 23.3 Å². The first-order valence-corrected chi connectivity index (χ1v) is 8.33. The average Bonchev–Trinajstić information content (AvgIpc) is 2.53. The van der Waals surface area contributed by atoms with Crippen LogP contribution in [0.25, 0.3) is 5.65 Å². The highest BCUT2D eigenvalue weighted by molar-refractivity contribution is 6.30. The highest BCUT2D eigenvalue weighted by Crippen LogP contribution is 2.29. The van der Waals surface area contributed by atoms with E-state index in [1.165, 1.54) is 10.6 Å². The first-order valence-electron chi connectivity index (χ1n) is 7.95. The van der Waals surface area contributed by atoms with Crippen LogP contribution in [0.15, 0.2) is 40.5 Å². The second kappa shape index (κ2) is 6.80. The number of nitrogens with one attached hydrogen (secondary N) is 2. The van der Waals surface area contributed by atoms with Gasteiger partial charge in [-0.2, -0.15) is 0 Å². The molecule has 1 aliphatic rings. The summed E-state index contributed by atoms with van der Waals surface area (Å²) in [7, 11) is 0. The maximum Gasteiger partial charge on any atom is 0.338 e. The molecule has 2 N–H and O–H groups in total.